The van der Waals surface area contributed by atoms with Crippen molar-refractivity contribution < 1.29 is 4.39 Å². The molecule has 0 spiro atoms. The first kappa shape index (κ1) is 13.8. The molecular formula is C13H13Cl2FN4. The van der Waals surface area contributed by atoms with Gasteiger partial charge in [0.2, 0.25) is 5.28 Å². The van der Waals surface area contributed by atoms with Gasteiger partial charge in [-0.3, -0.25) is 0 Å². The van der Waals surface area contributed by atoms with Crippen molar-refractivity contribution in [3.8, 4) is 0 Å². The largest absolute Gasteiger partial charge is 0.356 e. The molecule has 0 aliphatic carbocycles. The first-order valence-corrected chi connectivity index (χ1v) is 7.24. The number of halogens is 3. The third kappa shape index (κ3) is 2.40. The highest BCUT2D eigenvalue weighted by Gasteiger charge is 2.22. The molecule has 0 N–H and O–H groups in total. The van der Waals surface area contributed by atoms with Crippen molar-refractivity contribution in [3.63, 3.8) is 0 Å². The highest BCUT2D eigenvalue weighted by molar-refractivity contribution is 6.30. The quantitative estimate of drug-likeness (QED) is 0.594. The van der Waals surface area contributed by atoms with Crippen LogP contribution in [0.4, 0.5) is 10.2 Å². The minimum Gasteiger partial charge on any atom is -0.356 e. The van der Waals surface area contributed by atoms with Crippen LogP contribution in [0, 0.1) is 11.7 Å². The van der Waals surface area contributed by atoms with E-state index in [0.29, 0.717) is 17.1 Å². The van der Waals surface area contributed by atoms with Crippen LogP contribution in [0.15, 0.2) is 6.20 Å². The van der Waals surface area contributed by atoms with Crippen LogP contribution in [0.2, 0.25) is 10.4 Å². The molecule has 3 rings (SSSR count). The molecule has 1 atom stereocenters. The summed E-state index contributed by atoms with van der Waals surface area (Å²) in [4.78, 5) is 14.2. The minimum atomic E-state index is -0.653. The number of rotatable bonds is 1. The van der Waals surface area contributed by atoms with E-state index in [1.807, 2.05) is 0 Å². The van der Waals surface area contributed by atoms with Crippen LogP contribution in [0.25, 0.3) is 10.9 Å². The van der Waals surface area contributed by atoms with Gasteiger partial charge in [0.1, 0.15) is 11.3 Å². The fourth-order valence-corrected chi connectivity index (χ4v) is 2.92. The molecule has 1 saturated heterocycles. The SMILES string of the molecule is CC1CCCN(c2nc(Cl)nc3c(F)c(Cl)ncc23)C1. The molecule has 2 aromatic heterocycles. The monoisotopic (exact) mass is 314 g/mol. The van der Waals surface area contributed by atoms with E-state index in [9.17, 15) is 4.39 Å². The fraction of sp³-hybridized carbons (Fsp3) is 0.462. The van der Waals surface area contributed by atoms with Crippen LogP contribution in [0.5, 0.6) is 0 Å². The van der Waals surface area contributed by atoms with E-state index in [2.05, 4.69) is 26.8 Å². The number of nitrogens with zero attached hydrogens (tertiary/aromatic N) is 4. The summed E-state index contributed by atoms with van der Waals surface area (Å²) in [5.41, 5.74) is 0.123. The van der Waals surface area contributed by atoms with Gasteiger partial charge in [0.25, 0.3) is 0 Å². The lowest BCUT2D eigenvalue weighted by atomic mass is 10.0. The molecule has 1 aliphatic rings. The summed E-state index contributed by atoms with van der Waals surface area (Å²) in [5, 5.41) is 0.363. The van der Waals surface area contributed by atoms with Gasteiger partial charge in [-0.15, -0.1) is 0 Å². The fourth-order valence-electron chi connectivity index (χ4n) is 2.62. The zero-order chi connectivity index (χ0) is 14.3. The Labute approximate surface area is 125 Å². The average Bonchev–Trinajstić information content (AvgIpc) is 2.43. The molecule has 4 nitrogen and oxygen atoms in total. The Morgan fingerprint density at radius 2 is 2.15 bits per heavy atom. The summed E-state index contributed by atoms with van der Waals surface area (Å²) in [6.07, 6.45) is 3.77. The van der Waals surface area contributed by atoms with Crippen molar-refractivity contribution in [1.29, 1.82) is 0 Å². The summed E-state index contributed by atoms with van der Waals surface area (Å²) < 4.78 is 14.0. The summed E-state index contributed by atoms with van der Waals surface area (Å²) in [7, 11) is 0. The van der Waals surface area contributed by atoms with Crippen molar-refractivity contribution in [2.24, 2.45) is 5.92 Å². The number of hydrogen-bond donors (Lipinski definition) is 0. The molecular weight excluding hydrogens is 302 g/mol. The average molecular weight is 315 g/mol. The predicted octanol–water partition coefficient (Wildman–Crippen LogP) is 3.71. The summed E-state index contributed by atoms with van der Waals surface area (Å²) >= 11 is 11.6. The van der Waals surface area contributed by atoms with Crippen LogP contribution in [-0.4, -0.2) is 28.0 Å². The Bertz CT molecular complexity index is 664. The van der Waals surface area contributed by atoms with E-state index in [4.69, 9.17) is 23.2 Å². The number of piperidine rings is 1. The molecule has 0 aromatic carbocycles. The van der Waals surface area contributed by atoms with Crippen LogP contribution in [0.1, 0.15) is 19.8 Å². The predicted molar refractivity (Wildman–Crippen MR) is 77.9 cm³/mol. The van der Waals surface area contributed by atoms with Gasteiger partial charge in [0.05, 0.1) is 5.39 Å². The molecule has 3 heterocycles. The Hall–Kier alpha value is -1.20. The zero-order valence-electron chi connectivity index (χ0n) is 10.9. The molecule has 106 valence electrons. The second kappa shape index (κ2) is 5.30. The summed E-state index contributed by atoms with van der Waals surface area (Å²) in [5.74, 6) is 0.548. The molecule has 1 aliphatic heterocycles. The van der Waals surface area contributed by atoms with Gasteiger partial charge in [-0.1, -0.05) is 18.5 Å². The summed E-state index contributed by atoms with van der Waals surface area (Å²) in [6.45, 7) is 3.93. The van der Waals surface area contributed by atoms with Gasteiger partial charge >= 0.3 is 0 Å². The van der Waals surface area contributed by atoms with Crippen molar-refractivity contribution in [1.82, 2.24) is 15.0 Å². The van der Waals surface area contributed by atoms with Crippen LogP contribution in [0.3, 0.4) is 0 Å². The highest BCUT2D eigenvalue weighted by atomic mass is 35.5. The Kier molecular flexibility index (Phi) is 3.65. The lowest BCUT2D eigenvalue weighted by molar-refractivity contribution is 0.445. The Morgan fingerprint density at radius 3 is 2.90 bits per heavy atom. The second-order valence-electron chi connectivity index (χ2n) is 5.13. The molecule has 0 saturated carbocycles. The van der Waals surface area contributed by atoms with E-state index in [-0.39, 0.29) is 16.0 Å². The lowest BCUT2D eigenvalue weighted by Crippen LogP contribution is -2.35. The maximum atomic E-state index is 14.0. The van der Waals surface area contributed by atoms with Crippen molar-refractivity contribution in [3.05, 3.63) is 22.5 Å². The van der Waals surface area contributed by atoms with Gasteiger partial charge in [-0.05, 0) is 30.4 Å². The van der Waals surface area contributed by atoms with E-state index in [1.54, 1.807) is 0 Å². The number of fused-ring (bicyclic) bond motifs is 1. The van der Waals surface area contributed by atoms with E-state index < -0.39 is 5.82 Å². The first-order chi connectivity index (χ1) is 9.56. The Balaban J connectivity index is 2.17. The zero-order valence-corrected chi connectivity index (χ0v) is 12.4. The molecule has 2 aromatic rings. The number of hydrogen-bond acceptors (Lipinski definition) is 4. The maximum absolute atomic E-state index is 14.0. The van der Waals surface area contributed by atoms with Crippen LogP contribution in [-0.2, 0) is 0 Å². The topological polar surface area (TPSA) is 41.9 Å². The third-order valence-corrected chi connectivity index (χ3v) is 3.98. The van der Waals surface area contributed by atoms with Gasteiger partial charge in [-0.25, -0.2) is 14.4 Å². The van der Waals surface area contributed by atoms with Gasteiger partial charge in [0, 0.05) is 19.3 Å². The highest BCUT2D eigenvalue weighted by Crippen LogP contribution is 2.31. The third-order valence-electron chi connectivity index (χ3n) is 3.55. The normalized spacial score (nSPS) is 19.6. The molecule has 1 fully saturated rings. The van der Waals surface area contributed by atoms with Crippen LogP contribution >= 0.6 is 23.2 Å². The smallest absolute Gasteiger partial charge is 0.225 e. The molecule has 0 radical (unpaired) electrons. The molecule has 7 heteroatoms. The van der Waals surface area contributed by atoms with Crippen molar-refractivity contribution in [2.75, 3.05) is 18.0 Å². The number of aromatic nitrogens is 3. The van der Waals surface area contributed by atoms with Crippen LogP contribution < -0.4 is 4.90 Å². The number of pyridine rings is 1. The first-order valence-electron chi connectivity index (χ1n) is 6.48. The summed E-state index contributed by atoms with van der Waals surface area (Å²) in [6, 6.07) is 0. The van der Waals surface area contributed by atoms with Crippen molar-refractivity contribution >= 4 is 39.9 Å². The van der Waals surface area contributed by atoms with Gasteiger partial charge < -0.3 is 4.90 Å². The molecule has 1 unspecified atom stereocenters. The molecule has 20 heavy (non-hydrogen) atoms. The Morgan fingerprint density at radius 1 is 1.35 bits per heavy atom. The van der Waals surface area contributed by atoms with Crippen molar-refractivity contribution in [2.45, 2.75) is 19.8 Å². The second-order valence-corrected chi connectivity index (χ2v) is 5.83. The van der Waals surface area contributed by atoms with E-state index in [0.717, 1.165) is 19.5 Å². The lowest BCUT2D eigenvalue weighted by Gasteiger charge is -2.32. The van der Waals surface area contributed by atoms with E-state index >= 15 is 0 Å². The molecule has 0 amide bonds. The minimum absolute atomic E-state index is 0.0203. The molecule has 0 bridgehead atoms. The standard InChI is InChI=1S/C13H13Cl2FN4/c1-7-3-2-4-20(6-7)12-8-5-17-11(14)9(16)10(8)18-13(15)19-12/h5,7H,2-4,6H2,1H3. The van der Waals surface area contributed by atoms with E-state index in [1.165, 1.54) is 12.6 Å². The van der Waals surface area contributed by atoms with Gasteiger partial charge in [-0.2, -0.15) is 4.98 Å². The number of anilines is 1. The maximum Gasteiger partial charge on any atom is 0.225 e. The van der Waals surface area contributed by atoms with Gasteiger partial charge in [0.15, 0.2) is 11.0 Å².